The summed E-state index contributed by atoms with van der Waals surface area (Å²) < 4.78 is 1.17. The van der Waals surface area contributed by atoms with Gasteiger partial charge in [0.2, 0.25) is 0 Å². The second kappa shape index (κ2) is 8.02. The SMILES string of the molecule is CCC(N)Cc1ccc(SCc2ccccc2C)c(Br)c1. The predicted molar refractivity (Wildman–Crippen MR) is 96.9 cm³/mol. The van der Waals surface area contributed by atoms with Gasteiger partial charge in [0.25, 0.3) is 0 Å². The minimum absolute atomic E-state index is 0.252. The monoisotopic (exact) mass is 363 g/mol. The minimum atomic E-state index is 0.252. The number of halogens is 1. The molecular formula is C18H22BrNS. The number of rotatable bonds is 6. The van der Waals surface area contributed by atoms with Gasteiger partial charge in [-0.2, -0.15) is 0 Å². The lowest BCUT2D eigenvalue weighted by molar-refractivity contribution is 0.646. The number of nitrogens with two attached hydrogens (primary N) is 1. The van der Waals surface area contributed by atoms with Gasteiger partial charge in [0.15, 0.2) is 0 Å². The van der Waals surface area contributed by atoms with Crippen molar-refractivity contribution in [3.63, 3.8) is 0 Å². The number of benzene rings is 2. The van der Waals surface area contributed by atoms with Crippen molar-refractivity contribution in [3.05, 3.63) is 63.6 Å². The molecule has 1 unspecified atom stereocenters. The molecule has 0 amide bonds. The highest BCUT2D eigenvalue weighted by Crippen LogP contribution is 2.31. The number of thioether (sulfide) groups is 1. The summed E-state index contributed by atoms with van der Waals surface area (Å²) in [6.07, 6.45) is 1.96. The average molecular weight is 364 g/mol. The Hall–Kier alpha value is -0.770. The fourth-order valence-electron chi connectivity index (χ4n) is 2.16. The van der Waals surface area contributed by atoms with Gasteiger partial charge in [0, 0.05) is 21.2 Å². The van der Waals surface area contributed by atoms with Crippen LogP contribution in [0.1, 0.15) is 30.0 Å². The van der Waals surface area contributed by atoms with Crippen LogP contribution in [0.15, 0.2) is 51.8 Å². The first kappa shape index (κ1) is 16.6. The summed E-state index contributed by atoms with van der Waals surface area (Å²) in [6.45, 7) is 4.30. The first-order valence-corrected chi connectivity index (χ1v) is 9.09. The molecule has 0 fully saturated rings. The molecule has 2 aromatic rings. The Balaban J connectivity index is 2.03. The fraction of sp³-hybridized carbons (Fsp3) is 0.333. The van der Waals surface area contributed by atoms with Crippen molar-refractivity contribution in [1.82, 2.24) is 0 Å². The molecule has 0 spiro atoms. The summed E-state index contributed by atoms with van der Waals surface area (Å²) in [6, 6.07) is 15.4. The van der Waals surface area contributed by atoms with Crippen molar-refractivity contribution >= 4 is 27.7 Å². The zero-order valence-corrected chi connectivity index (χ0v) is 15.0. The van der Waals surface area contributed by atoms with Crippen molar-refractivity contribution in [2.75, 3.05) is 0 Å². The highest BCUT2D eigenvalue weighted by molar-refractivity contribution is 9.10. The molecule has 0 aromatic heterocycles. The molecule has 2 rings (SSSR count). The lowest BCUT2D eigenvalue weighted by Crippen LogP contribution is -2.21. The molecule has 1 nitrogen and oxygen atoms in total. The van der Waals surface area contributed by atoms with E-state index in [-0.39, 0.29) is 6.04 Å². The van der Waals surface area contributed by atoms with Crippen LogP contribution in [0.4, 0.5) is 0 Å². The summed E-state index contributed by atoms with van der Waals surface area (Å²) in [4.78, 5) is 1.28. The zero-order valence-electron chi connectivity index (χ0n) is 12.6. The van der Waals surface area contributed by atoms with Gasteiger partial charge in [-0.15, -0.1) is 11.8 Å². The van der Waals surface area contributed by atoms with E-state index in [1.807, 2.05) is 11.8 Å². The molecule has 0 aliphatic carbocycles. The van der Waals surface area contributed by atoms with Gasteiger partial charge in [-0.1, -0.05) is 37.3 Å². The van der Waals surface area contributed by atoms with E-state index in [4.69, 9.17) is 5.73 Å². The summed E-state index contributed by atoms with van der Waals surface area (Å²) in [5, 5.41) is 0. The van der Waals surface area contributed by atoms with E-state index in [0.29, 0.717) is 0 Å². The van der Waals surface area contributed by atoms with Crippen LogP contribution in [0, 0.1) is 6.92 Å². The maximum absolute atomic E-state index is 6.02. The molecule has 0 aliphatic heterocycles. The Labute approximate surface area is 140 Å². The first-order valence-electron chi connectivity index (χ1n) is 7.31. The molecule has 0 bridgehead atoms. The van der Waals surface area contributed by atoms with Crippen LogP contribution in [0.3, 0.4) is 0 Å². The normalized spacial score (nSPS) is 12.4. The van der Waals surface area contributed by atoms with Crippen LogP contribution in [0.2, 0.25) is 0 Å². The molecule has 0 saturated carbocycles. The van der Waals surface area contributed by atoms with Gasteiger partial charge >= 0.3 is 0 Å². The summed E-state index contributed by atoms with van der Waals surface area (Å²) >= 11 is 5.56. The average Bonchev–Trinajstić information content (AvgIpc) is 2.48. The maximum atomic E-state index is 6.02. The van der Waals surface area contributed by atoms with Crippen molar-refractivity contribution in [3.8, 4) is 0 Å². The molecule has 0 aliphatic rings. The third-order valence-electron chi connectivity index (χ3n) is 3.66. The highest BCUT2D eigenvalue weighted by atomic mass is 79.9. The number of aryl methyl sites for hydroxylation is 1. The third kappa shape index (κ3) is 4.87. The van der Waals surface area contributed by atoms with Gasteiger partial charge in [-0.3, -0.25) is 0 Å². The van der Waals surface area contributed by atoms with Gasteiger partial charge < -0.3 is 5.73 Å². The molecule has 2 aromatic carbocycles. The van der Waals surface area contributed by atoms with Crippen LogP contribution < -0.4 is 5.73 Å². The molecule has 21 heavy (non-hydrogen) atoms. The lowest BCUT2D eigenvalue weighted by Gasteiger charge is -2.11. The quantitative estimate of drug-likeness (QED) is 0.701. The predicted octanol–water partition coefficient (Wildman–Crippen LogP) is 5.33. The van der Waals surface area contributed by atoms with Gasteiger partial charge in [-0.25, -0.2) is 0 Å². The topological polar surface area (TPSA) is 26.0 Å². The Morgan fingerprint density at radius 3 is 2.62 bits per heavy atom. The van der Waals surface area contributed by atoms with Crippen LogP contribution in [0.5, 0.6) is 0 Å². The Kier molecular flexibility index (Phi) is 6.34. The first-order chi connectivity index (χ1) is 10.1. The number of hydrogen-bond acceptors (Lipinski definition) is 2. The molecule has 0 radical (unpaired) electrons. The summed E-state index contributed by atoms with van der Waals surface area (Å²) in [5.41, 5.74) is 10.1. The number of hydrogen-bond donors (Lipinski definition) is 1. The molecule has 1 atom stereocenters. The molecule has 3 heteroatoms. The summed E-state index contributed by atoms with van der Waals surface area (Å²) in [7, 11) is 0. The van der Waals surface area contributed by atoms with Crippen molar-refractivity contribution in [2.45, 2.75) is 43.4 Å². The van der Waals surface area contributed by atoms with E-state index < -0.39 is 0 Å². The molecule has 2 N–H and O–H groups in total. The standard InChI is InChI=1S/C18H22BrNS/c1-3-16(20)10-14-8-9-18(17(19)11-14)21-12-15-7-5-4-6-13(15)2/h4-9,11,16H,3,10,12,20H2,1-2H3. The van der Waals surface area contributed by atoms with E-state index in [2.05, 4.69) is 72.2 Å². The Bertz CT molecular complexity index is 598. The van der Waals surface area contributed by atoms with Gasteiger partial charge in [0.05, 0.1) is 0 Å². The van der Waals surface area contributed by atoms with Crippen molar-refractivity contribution < 1.29 is 0 Å². The second-order valence-electron chi connectivity index (χ2n) is 5.35. The zero-order chi connectivity index (χ0) is 15.2. The van der Waals surface area contributed by atoms with E-state index in [0.717, 1.165) is 18.6 Å². The molecule has 0 heterocycles. The smallest absolute Gasteiger partial charge is 0.0314 e. The fourth-order valence-corrected chi connectivity index (χ4v) is 3.93. The van der Waals surface area contributed by atoms with Gasteiger partial charge in [-0.05, 0) is 64.5 Å². The molecule has 112 valence electrons. The Morgan fingerprint density at radius 1 is 1.19 bits per heavy atom. The van der Waals surface area contributed by atoms with Gasteiger partial charge in [0.1, 0.15) is 0 Å². The van der Waals surface area contributed by atoms with Crippen molar-refractivity contribution in [1.29, 1.82) is 0 Å². The van der Waals surface area contributed by atoms with Crippen LogP contribution >= 0.6 is 27.7 Å². The van der Waals surface area contributed by atoms with E-state index in [9.17, 15) is 0 Å². The second-order valence-corrected chi connectivity index (χ2v) is 7.22. The Morgan fingerprint density at radius 2 is 1.95 bits per heavy atom. The van der Waals surface area contributed by atoms with Crippen LogP contribution in [-0.2, 0) is 12.2 Å². The van der Waals surface area contributed by atoms with E-state index in [1.165, 1.54) is 26.1 Å². The van der Waals surface area contributed by atoms with E-state index >= 15 is 0 Å². The van der Waals surface area contributed by atoms with Crippen LogP contribution in [0.25, 0.3) is 0 Å². The highest BCUT2D eigenvalue weighted by Gasteiger charge is 2.06. The maximum Gasteiger partial charge on any atom is 0.0314 e. The lowest BCUT2D eigenvalue weighted by atomic mass is 10.1. The largest absolute Gasteiger partial charge is 0.327 e. The summed E-state index contributed by atoms with van der Waals surface area (Å²) in [5.74, 6) is 0.999. The molecule has 0 saturated heterocycles. The van der Waals surface area contributed by atoms with Crippen LogP contribution in [-0.4, -0.2) is 6.04 Å². The minimum Gasteiger partial charge on any atom is -0.327 e. The van der Waals surface area contributed by atoms with E-state index in [1.54, 1.807) is 0 Å². The third-order valence-corrected chi connectivity index (χ3v) is 5.70. The van der Waals surface area contributed by atoms with Crippen molar-refractivity contribution in [2.24, 2.45) is 5.73 Å². The molecular weight excluding hydrogens is 342 g/mol.